The molecule has 2 heterocycles. The molecule has 0 aromatic carbocycles. The quantitative estimate of drug-likeness (QED) is 0.621. The molecule has 17 heavy (non-hydrogen) atoms. The highest BCUT2D eigenvalue weighted by Gasteiger charge is 2.11. The molecule has 0 saturated carbocycles. The highest BCUT2D eigenvalue weighted by molar-refractivity contribution is 7.12. The molecule has 2 rings (SSSR count). The Morgan fingerprint density at radius 1 is 1.53 bits per heavy atom. The van der Waals surface area contributed by atoms with Gasteiger partial charge in [0.05, 0.1) is 19.8 Å². The molecule has 1 aromatic rings. The van der Waals surface area contributed by atoms with Crippen molar-refractivity contribution in [2.75, 3.05) is 26.3 Å². The van der Waals surface area contributed by atoms with Crippen LogP contribution in [0.25, 0.3) is 0 Å². The van der Waals surface area contributed by atoms with Crippen LogP contribution in [0.4, 0.5) is 0 Å². The third-order valence-electron chi connectivity index (χ3n) is 2.50. The van der Waals surface area contributed by atoms with Gasteiger partial charge in [0.15, 0.2) is 5.96 Å². The molecule has 0 spiro atoms. The van der Waals surface area contributed by atoms with Crippen LogP contribution in [0.1, 0.15) is 9.75 Å². The van der Waals surface area contributed by atoms with Gasteiger partial charge < -0.3 is 15.4 Å². The zero-order valence-corrected chi connectivity index (χ0v) is 10.2. The molecule has 1 saturated heterocycles. The van der Waals surface area contributed by atoms with Gasteiger partial charge in [-0.25, -0.2) is 4.99 Å². The second-order valence-electron chi connectivity index (χ2n) is 3.65. The summed E-state index contributed by atoms with van der Waals surface area (Å²) in [4.78, 5) is 8.11. The first-order valence-corrected chi connectivity index (χ1v) is 6.22. The normalized spacial score (nSPS) is 16.9. The standard InChI is InChI=1S/C11H14N4OS/c12-7-9-1-2-10(17-9)8-14-11(13)15-3-5-16-6-4-15/h1-2H,3-6,8H2,(H2,13,14). The number of morpholine rings is 1. The Labute approximate surface area is 104 Å². The molecule has 0 unspecified atom stereocenters. The molecule has 5 nitrogen and oxygen atoms in total. The van der Waals surface area contributed by atoms with Crippen molar-refractivity contribution in [3.8, 4) is 6.07 Å². The third kappa shape index (κ3) is 3.19. The van der Waals surface area contributed by atoms with Gasteiger partial charge in [-0.3, -0.25) is 0 Å². The fourth-order valence-electron chi connectivity index (χ4n) is 1.57. The summed E-state index contributed by atoms with van der Waals surface area (Å²) in [5.74, 6) is 0.556. The van der Waals surface area contributed by atoms with Gasteiger partial charge in [0.2, 0.25) is 0 Å². The molecule has 1 aromatic heterocycles. The van der Waals surface area contributed by atoms with Crippen molar-refractivity contribution in [1.82, 2.24) is 4.90 Å². The SMILES string of the molecule is N#Cc1ccc(CN=C(N)N2CCOCC2)s1. The highest BCUT2D eigenvalue weighted by Crippen LogP contribution is 2.16. The number of nitriles is 1. The molecule has 0 atom stereocenters. The van der Waals surface area contributed by atoms with Gasteiger partial charge in [-0.2, -0.15) is 5.26 Å². The van der Waals surface area contributed by atoms with E-state index in [1.807, 2.05) is 11.0 Å². The second-order valence-corrected chi connectivity index (χ2v) is 4.82. The first-order valence-electron chi connectivity index (χ1n) is 5.41. The average molecular weight is 250 g/mol. The molecule has 0 bridgehead atoms. The lowest BCUT2D eigenvalue weighted by Crippen LogP contribution is -2.44. The smallest absolute Gasteiger partial charge is 0.191 e. The first-order chi connectivity index (χ1) is 8.29. The van der Waals surface area contributed by atoms with Crippen molar-refractivity contribution in [2.24, 2.45) is 10.7 Å². The van der Waals surface area contributed by atoms with Gasteiger partial charge in [-0.1, -0.05) is 0 Å². The molecule has 1 fully saturated rings. The van der Waals surface area contributed by atoms with Crippen LogP contribution in [0.2, 0.25) is 0 Å². The van der Waals surface area contributed by atoms with Gasteiger partial charge >= 0.3 is 0 Å². The minimum atomic E-state index is 0.537. The van der Waals surface area contributed by atoms with Crippen LogP contribution in [0.3, 0.4) is 0 Å². The topological polar surface area (TPSA) is 74.6 Å². The summed E-state index contributed by atoms with van der Waals surface area (Å²) in [5.41, 5.74) is 5.90. The van der Waals surface area contributed by atoms with Crippen LogP contribution in [0.5, 0.6) is 0 Å². The number of ether oxygens (including phenoxy) is 1. The van der Waals surface area contributed by atoms with Crippen LogP contribution in [0, 0.1) is 11.3 Å². The maximum absolute atomic E-state index is 8.71. The van der Waals surface area contributed by atoms with Crippen molar-refractivity contribution in [1.29, 1.82) is 5.26 Å². The fourth-order valence-corrected chi connectivity index (χ4v) is 2.30. The number of guanidine groups is 1. The molecular formula is C11H14N4OS. The van der Waals surface area contributed by atoms with Crippen LogP contribution >= 0.6 is 11.3 Å². The van der Waals surface area contributed by atoms with E-state index in [1.54, 1.807) is 6.07 Å². The Balaban J connectivity index is 1.92. The largest absolute Gasteiger partial charge is 0.378 e. The van der Waals surface area contributed by atoms with Gasteiger partial charge in [-0.15, -0.1) is 11.3 Å². The zero-order chi connectivity index (χ0) is 12.1. The van der Waals surface area contributed by atoms with Crippen LogP contribution in [0.15, 0.2) is 17.1 Å². The fraction of sp³-hybridized carbons (Fsp3) is 0.455. The summed E-state index contributed by atoms with van der Waals surface area (Å²) in [6, 6.07) is 5.83. The predicted molar refractivity (Wildman–Crippen MR) is 66.8 cm³/mol. The van der Waals surface area contributed by atoms with Crippen LogP contribution in [-0.2, 0) is 11.3 Å². The number of aliphatic imine (C=N–C) groups is 1. The lowest BCUT2D eigenvalue weighted by atomic mass is 10.4. The predicted octanol–water partition coefficient (Wildman–Crippen LogP) is 0.767. The van der Waals surface area contributed by atoms with Crippen molar-refractivity contribution in [3.63, 3.8) is 0 Å². The van der Waals surface area contributed by atoms with E-state index in [0.717, 1.165) is 18.0 Å². The van der Waals surface area contributed by atoms with Gasteiger partial charge in [0.25, 0.3) is 0 Å². The minimum Gasteiger partial charge on any atom is -0.378 e. The van der Waals surface area contributed by atoms with E-state index in [9.17, 15) is 0 Å². The number of hydrogen-bond donors (Lipinski definition) is 1. The van der Waals surface area contributed by atoms with Crippen molar-refractivity contribution in [2.45, 2.75) is 6.54 Å². The second kappa shape index (κ2) is 5.66. The maximum atomic E-state index is 8.71. The summed E-state index contributed by atoms with van der Waals surface area (Å²) in [6.07, 6.45) is 0. The Hall–Kier alpha value is -1.58. The Bertz CT molecular complexity index is 443. The van der Waals surface area contributed by atoms with E-state index in [1.165, 1.54) is 11.3 Å². The summed E-state index contributed by atoms with van der Waals surface area (Å²) >= 11 is 1.45. The molecule has 2 N–H and O–H groups in total. The molecule has 0 aliphatic carbocycles. The Kier molecular flexibility index (Phi) is 3.96. The molecule has 1 aliphatic rings. The molecule has 0 amide bonds. The first kappa shape index (κ1) is 11.9. The van der Waals surface area contributed by atoms with Crippen molar-refractivity contribution < 1.29 is 4.74 Å². The lowest BCUT2D eigenvalue weighted by Gasteiger charge is -2.27. The highest BCUT2D eigenvalue weighted by atomic mass is 32.1. The Morgan fingerprint density at radius 3 is 2.94 bits per heavy atom. The maximum Gasteiger partial charge on any atom is 0.191 e. The van der Waals surface area contributed by atoms with E-state index in [2.05, 4.69) is 11.1 Å². The molecule has 1 aliphatic heterocycles. The molecule has 0 radical (unpaired) electrons. The minimum absolute atomic E-state index is 0.537. The van der Waals surface area contributed by atoms with E-state index < -0.39 is 0 Å². The lowest BCUT2D eigenvalue weighted by molar-refractivity contribution is 0.0674. The van der Waals surface area contributed by atoms with E-state index in [-0.39, 0.29) is 0 Å². The average Bonchev–Trinajstić information content (AvgIpc) is 2.85. The zero-order valence-electron chi connectivity index (χ0n) is 9.43. The van der Waals surface area contributed by atoms with E-state index >= 15 is 0 Å². The monoisotopic (exact) mass is 250 g/mol. The van der Waals surface area contributed by atoms with Crippen molar-refractivity contribution >= 4 is 17.3 Å². The summed E-state index contributed by atoms with van der Waals surface area (Å²) in [7, 11) is 0. The van der Waals surface area contributed by atoms with Crippen LogP contribution < -0.4 is 5.73 Å². The number of rotatable bonds is 2. The molecule has 90 valence electrons. The van der Waals surface area contributed by atoms with E-state index in [4.69, 9.17) is 15.7 Å². The van der Waals surface area contributed by atoms with Crippen LogP contribution in [-0.4, -0.2) is 37.2 Å². The summed E-state index contributed by atoms with van der Waals surface area (Å²) in [5, 5.41) is 8.71. The number of nitrogens with two attached hydrogens (primary N) is 1. The molecule has 6 heteroatoms. The number of hydrogen-bond acceptors (Lipinski definition) is 4. The van der Waals surface area contributed by atoms with Gasteiger partial charge in [0.1, 0.15) is 10.9 Å². The number of nitrogens with zero attached hydrogens (tertiary/aromatic N) is 3. The Morgan fingerprint density at radius 2 is 2.29 bits per heavy atom. The third-order valence-corrected chi connectivity index (χ3v) is 3.48. The van der Waals surface area contributed by atoms with Gasteiger partial charge in [0, 0.05) is 18.0 Å². The molecular weight excluding hydrogens is 236 g/mol. The van der Waals surface area contributed by atoms with Gasteiger partial charge in [-0.05, 0) is 12.1 Å². The van der Waals surface area contributed by atoms with E-state index in [0.29, 0.717) is 30.6 Å². The number of thiophene rings is 1. The van der Waals surface area contributed by atoms with Crippen molar-refractivity contribution in [3.05, 3.63) is 21.9 Å². The summed E-state index contributed by atoms with van der Waals surface area (Å²) in [6.45, 7) is 3.53. The summed E-state index contributed by atoms with van der Waals surface area (Å²) < 4.78 is 5.24.